The van der Waals surface area contributed by atoms with Crippen LogP contribution in [-0.2, 0) is 14.6 Å². The molecule has 1 fully saturated rings. The SMILES string of the molecule is CCCCOc1cccc(Oc2ccc(S(=O)(=O)CC3CO3)cc2)c1. The van der Waals surface area contributed by atoms with E-state index in [0.717, 1.165) is 18.6 Å². The number of benzene rings is 2. The maximum Gasteiger partial charge on any atom is 0.181 e. The Bertz CT molecular complexity index is 795. The first-order chi connectivity index (χ1) is 12.1. The quantitative estimate of drug-likeness (QED) is 0.501. The largest absolute Gasteiger partial charge is 0.493 e. The van der Waals surface area contributed by atoms with Gasteiger partial charge in [0.2, 0.25) is 0 Å². The predicted octanol–water partition coefficient (Wildman–Crippen LogP) is 3.83. The molecule has 1 aliphatic heterocycles. The summed E-state index contributed by atoms with van der Waals surface area (Å²) in [4.78, 5) is 0.284. The van der Waals surface area contributed by atoms with Gasteiger partial charge in [-0.1, -0.05) is 19.4 Å². The van der Waals surface area contributed by atoms with Crippen LogP contribution in [0.5, 0.6) is 17.2 Å². The molecule has 1 aliphatic rings. The molecular weight excluding hydrogens is 340 g/mol. The fraction of sp³-hybridized carbons (Fsp3) is 0.368. The lowest BCUT2D eigenvalue weighted by Crippen LogP contribution is -2.11. The van der Waals surface area contributed by atoms with Gasteiger partial charge in [-0.25, -0.2) is 8.42 Å². The van der Waals surface area contributed by atoms with Gasteiger partial charge >= 0.3 is 0 Å². The Balaban J connectivity index is 1.64. The minimum atomic E-state index is -3.31. The third-order valence-electron chi connectivity index (χ3n) is 3.80. The molecule has 6 heteroatoms. The summed E-state index contributed by atoms with van der Waals surface area (Å²) in [5, 5.41) is 0. The van der Waals surface area contributed by atoms with E-state index in [1.165, 1.54) is 0 Å². The molecule has 0 bridgehead atoms. The van der Waals surface area contributed by atoms with Crippen LogP contribution in [0.15, 0.2) is 53.4 Å². The molecule has 0 radical (unpaired) electrons. The van der Waals surface area contributed by atoms with E-state index < -0.39 is 9.84 Å². The second-order valence-electron chi connectivity index (χ2n) is 5.99. The van der Waals surface area contributed by atoms with Gasteiger partial charge in [0.05, 0.1) is 30.0 Å². The molecule has 3 rings (SSSR count). The Morgan fingerprint density at radius 2 is 1.80 bits per heavy atom. The van der Waals surface area contributed by atoms with Crippen molar-refractivity contribution in [2.45, 2.75) is 30.8 Å². The van der Waals surface area contributed by atoms with Gasteiger partial charge in [0.25, 0.3) is 0 Å². The van der Waals surface area contributed by atoms with Gasteiger partial charge < -0.3 is 14.2 Å². The van der Waals surface area contributed by atoms with Gasteiger partial charge in [-0.3, -0.25) is 0 Å². The lowest BCUT2D eigenvalue weighted by molar-refractivity contribution is 0.308. The molecule has 5 nitrogen and oxygen atoms in total. The van der Waals surface area contributed by atoms with E-state index in [4.69, 9.17) is 14.2 Å². The number of ether oxygens (including phenoxy) is 3. The van der Waals surface area contributed by atoms with Gasteiger partial charge in [0.1, 0.15) is 17.2 Å². The highest BCUT2D eigenvalue weighted by Gasteiger charge is 2.30. The lowest BCUT2D eigenvalue weighted by atomic mass is 10.3. The van der Waals surface area contributed by atoms with Gasteiger partial charge in [-0.15, -0.1) is 0 Å². The number of epoxide rings is 1. The van der Waals surface area contributed by atoms with Crippen LogP contribution in [0.2, 0.25) is 0 Å². The molecule has 134 valence electrons. The summed E-state index contributed by atoms with van der Waals surface area (Å²) in [6.45, 7) is 3.32. The van der Waals surface area contributed by atoms with Crippen molar-refractivity contribution >= 4 is 9.84 Å². The number of hydrogen-bond acceptors (Lipinski definition) is 5. The first-order valence-corrected chi connectivity index (χ1v) is 10.1. The Morgan fingerprint density at radius 1 is 1.08 bits per heavy atom. The normalized spacial score (nSPS) is 16.4. The summed E-state index contributed by atoms with van der Waals surface area (Å²) in [5.74, 6) is 2.02. The van der Waals surface area contributed by atoms with Crippen molar-refractivity contribution in [1.82, 2.24) is 0 Å². The molecule has 25 heavy (non-hydrogen) atoms. The molecule has 1 unspecified atom stereocenters. The minimum absolute atomic E-state index is 0.0321. The summed E-state index contributed by atoms with van der Waals surface area (Å²) in [5.41, 5.74) is 0. The highest BCUT2D eigenvalue weighted by molar-refractivity contribution is 7.91. The monoisotopic (exact) mass is 362 g/mol. The third-order valence-corrected chi connectivity index (χ3v) is 5.60. The average Bonchev–Trinajstić information content (AvgIpc) is 3.39. The Morgan fingerprint density at radius 3 is 2.48 bits per heavy atom. The second kappa shape index (κ2) is 7.89. The zero-order chi connectivity index (χ0) is 17.7. The van der Waals surface area contributed by atoms with Crippen LogP contribution in [0, 0.1) is 0 Å². The Hall–Kier alpha value is -2.05. The zero-order valence-electron chi connectivity index (χ0n) is 14.2. The van der Waals surface area contributed by atoms with Crippen molar-refractivity contribution in [3.8, 4) is 17.2 Å². The van der Waals surface area contributed by atoms with E-state index in [9.17, 15) is 8.42 Å². The van der Waals surface area contributed by atoms with E-state index in [-0.39, 0.29) is 16.8 Å². The van der Waals surface area contributed by atoms with Crippen LogP contribution in [0.25, 0.3) is 0 Å². The second-order valence-corrected chi connectivity index (χ2v) is 8.02. The first kappa shape index (κ1) is 17.8. The van der Waals surface area contributed by atoms with Crippen molar-refractivity contribution < 1.29 is 22.6 Å². The maximum absolute atomic E-state index is 12.2. The van der Waals surface area contributed by atoms with Gasteiger partial charge in [0.15, 0.2) is 9.84 Å². The van der Waals surface area contributed by atoms with Gasteiger partial charge in [-0.2, -0.15) is 0 Å². The van der Waals surface area contributed by atoms with E-state index in [1.807, 2.05) is 24.3 Å². The molecule has 1 saturated heterocycles. The third kappa shape index (κ3) is 5.21. The van der Waals surface area contributed by atoms with E-state index in [0.29, 0.717) is 24.7 Å². The topological polar surface area (TPSA) is 65.1 Å². The number of rotatable bonds is 9. The summed E-state index contributed by atoms with van der Waals surface area (Å²) < 4.78 is 40.8. The Kier molecular flexibility index (Phi) is 5.60. The number of hydrogen-bond donors (Lipinski definition) is 0. The molecule has 0 aromatic heterocycles. The number of sulfone groups is 1. The van der Waals surface area contributed by atoms with E-state index >= 15 is 0 Å². The summed E-state index contributed by atoms with van der Waals surface area (Å²) in [7, 11) is -3.31. The molecule has 2 aromatic carbocycles. The van der Waals surface area contributed by atoms with Crippen molar-refractivity contribution in [2.24, 2.45) is 0 Å². The van der Waals surface area contributed by atoms with Crippen LogP contribution in [0.3, 0.4) is 0 Å². The highest BCUT2D eigenvalue weighted by Crippen LogP contribution is 2.27. The molecule has 0 N–H and O–H groups in total. The molecule has 0 amide bonds. The summed E-state index contributed by atoms with van der Waals surface area (Å²) in [6.07, 6.45) is 1.93. The standard InChI is InChI=1S/C19H22O5S/c1-2-3-11-22-16-5-4-6-17(12-16)24-15-7-9-19(10-8-15)25(20,21)14-18-13-23-18/h4-10,12,18H,2-3,11,13-14H2,1H3. The predicted molar refractivity (Wildman–Crippen MR) is 95.2 cm³/mol. The average molecular weight is 362 g/mol. The van der Waals surface area contributed by atoms with Crippen molar-refractivity contribution in [2.75, 3.05) is 19.0 Å². The first-order valence-electron chi connectivity index (χ1n) is 8.42. The van der Waals surface area contributed by atoms with Crippen LogP contribution >= 0.6 is 0 Å². The van der Waals surface area contributed by atoms with E-state index in [2.05, 4.69) is 6.92 Å². The van der Waals surface area contributed by atoms with Crippen LogP contribution in [0.1, 0.15) is 19.8 Å². The smallest absolute Gasteiger partial charge is 0.181 e. The molecular formula is C19H22O5S. The molecule has 0 spiro atoms. The fourth-order valence-electron chi connectivity index (χ4n) is 2.32. The number of unbranched alkanes of at least 4 members (excludes halogenated alkanes) is 1. The molecule has 1 atom stereocenters. The van der Waals surface area contributed by atoms with Crippen molar-refractivity contribution in [1.29, 1.82) is 0 Å². The van der Waals surface area contributed by atoms with E-state index in [1.54, 1.807) is 24.3 Å². The van der Waals surface area contributed by atoms with Crippen LogP contribution < -0.4 is 9.47 Å². The molecule has 0 saturated carbocycles. The molecule has 2 aromatic rings. The fourth-order valence-corrected chi connectivity index (χ4v) is 3.74. The van der Waals surface area contributed by atoms with Crippen LogP contribution in [0.4, 0.5) is 0 Å². The maximum atomic E-state index is 12.2. The summed E-state index contributed by atoms with van der Waals surface area (Å²) in [6, 6.07) is 13.9. The van der Waals surface area contributed by atoms with Gasteiger partial charge in [0, 0.05) is 6.07 Å². The highest BCUT2D eigenvalue weighted by atomic mass is 32.2. The Labute approximate surface area is 148 Å². The van der Waals surface area contributed by atoms with Gasteiger partial charge in [-0.05, 0) is 42.8 Å². The minimum Gasteiger partial charge on any atom is -0.493 e. The van der Waals surface area contributed by atoms with Crippen molar-refractivity contribution in [3.05, 3.63) is 48.5 Å². The lowest BCUT2D eigenvalue weighted by Gasteiger charge is -2.10. The molecule has 1 heterocycles. The molecule has 0 aliphatic carbocycles. The van der Waals surface area contributed by atoms with Crippen LogP contribution in [-0.4, -0.2) is 33.5 Å². The summed E-state index contributed by atoms with van der Waals surface area (Å²) >= 11 is 0. The van der Waals surface area contributed by atoms with Crippen molar-refractivity contribution in [3.63, 3.8) is 0 Å². The zero-order valence-corrected chi connectivity index (χ0v) is 15.0.